The molecule has 1 aromatic heterocycles. The van der Waals surface area contributed by atoms with Gasteiger partial charge in [-0.1, -0.05) is 18.2 Å². The van der Waals surface area contributed by atoms with Gasteiger partial charge >= 0.3 is 0 Å². The summed E-state index contributed by atoms with van der Waals surface area (Å²) >= 11 is 1.63. The predicted octanol–water partition coefficient (Wildman–Crippen LogP) is 3.44. The standard InChI is InChI=1S/C15H16FNOS/c1-11-8-9-19-14(11)10-17-15(18)7-6-12-4-2-3-5-13(12)16/h2-5,8-9H,6-7,10H2,1H3,(H,17,18). The van der Waals surface area contributed by atoms with Crippen LogP contribution in [0, 0.1) is 12.7 Å². The van der Waals surface area contributed by atoms with Crippen LogP contribution in [0.1, 0.15) is 22.4 Å². The normalized spacial score (nSPS) is 10.4. The second-order valence-electron chi connectivity index (χ2n) is 4.39. The number of thiophene rings is 1. The molecule has 0 saturated carbocycles. The lowest BCUT2D eigenvalue weighted by Gasteiger charge is -2.05. The second kappa shape index (κ2) is 6.48. The molecule has 100 valence electrons. The summed E-state index contributed by atoms with van der Waals surface area (Å²) < 4.78 is 13.4. The van der Waals surface area contributed by atoms with E-state index in [1.165, 1.54) is 16.5 Å². The van der Waals surface area contributed by atoms with Crippen LogP contribution in [-0.2, 0) is 17.8 Å². The Morgan fingerprint density at radius 1 is 1.32 bits per heavy atom. The predicted molar refractivity (Wildman–Crippen MR) is 75.6 cm³/mol. The van der Waals surface area contributed by atoms with Crippen molar-refractivity contribution in [2.24, 2.45) is 0 Å². The van der Waals surface area contributed by atoms with Gasteiger partial charge in [0.1, 0.15) is 5.82 Å². The highest BCUT2D eigenvalue weighted by molar-refractivity contribution is 7.10. The molecule has 1 heterocycles. The van der Waals surface area contributed by atoms with Gasteiger partial charge in [0.2, 0.25) is 5.91 Å². The van der Waals surface area contributed by atoms with Crippen molar-refractivity contribution in [2.75, 3.05) is 0 Å². The first-order valence-corrected chi connectivity index (χ1v) is 7.08. The monoisotopic (exact) mass is 277 g/mol. The molecule has 2 rings (SSSR count). The summed E-state index contributed by atoms with van der Waals surface area (Å²) in [4.78, 5) is 12.9. The van der Waals surface area contributed by atoms with E-state index in [-0.39, 0.29) is 11.7 Å². The van der Waals surface area contributed by atoms with Gasteiger partial charge in [-0.05, 0) is 42.0 Å². The number of nitrogens with one attached hydrogen (secondary N) is 1. The molecule has 0 saturated heterocycles. The molecule has 0 atom stereocenters. The Bertz CT molecular complexity index is 565. The molecule has 1 amide bonds. The average Bonchev–Trinajstić information content (AvgIpc) is 2.81. The highest BCUT2D eigenvalue weighted by Crippen LogP contribution is 2.15. The van der Waals surface area contributed by atoms with E-state index in [4.69, 9.17) is 0 Å². The molecule has 0 bridgehead atoms. The number of carbonyl (C=O) groups is 1. The summed E-state index contributed by atoms with van der Waals surface area (Å²) in [6.07, 6.45) is 0.743. The van der Waals surface area contributed by atoms with Crippen LogP contribution >= 0.6 is 11.3 Å². The summed E-state index contributed by atoms with van der Waals surface area (Å²) in [6, 6.07) is 8.60. The van der Waals surface area contributed by atoms with Gasteiger partial charge in [-0.2, -0.15) is 0 Å². The number of carbonyl (C=O) groups excluding carboxylic acids is 1. The number of benzene rings is 1. The minimum atomic E-state index is -0.246. The molecule has 1 aromatic carbocycles. The Morgan fingerprint density at radius 2 is 2.11 bits per heavy atom. The van der Waals surface area contributed by atoms with Gasteiger partial charge in [0.25, 0.3) is 0 Å². The molecule has 2 nitrogen and oxygen atoms in total. The number of rotatable bonds is 5. The lowest BCUT2D eigenvalue weighted by Crippen LogP contribution is -2.22. The molecule has 0 fully saturated rings. The summed E-state index contributed by atoms with van der Waals surface area (Å²) in [5, 5.41) is 4.87. The maximum atomic E-state index is 13.4. The van der Waals surface area contributed by atoms with E-state index < -0.39 is 0 Å². The summed E-state index contributed by atoms with van der Waals surface area (Å²) in [7, 11) is 0. The molecule has 19 heavy (non-hydrogen) atoms. The molecule has 0 spiro atoms. The van der Waals surface area contributed by atoms with Crippen LogP contribution in [0.5, 0.6) is 0 Å². The lowest BCUT2D eigenvalue weighted by atomic mass is 10.1. The van der Waals surface area contributed by atoms with Gasteiger partial charge in [0.15, 0.2) is 0 Å². The van der Waals surface area contributed by atoms with E-state index in [1.807, 2.05) is 18.4 Å². The fourth-order valence-corrected chi connectivity index (χ4v) is 2.65. The van der Waals surface area contributed by atoms with E-state index in [0.717, 1.165) is 0 Å². The van der Waals surface area contributed by atoms with Crippen LogP contribution in [0.3, 0.4) is 0 Å². The second-order valence-corrected chi connectivity index (χ2v) is 5.40. The SMILES string of the molecule is Cc1ccsc1CNC(=O)CCc1ccccc1F. The molecule has 0 aliphatic carbocycles. The number of aryl methyl sites for hydroxylation is 2. The molecular weight excluding hydrogens is 261 g/mol. The summed E-state index contributed by atoms with van der Waals surface area (Å²) in [5.74, 6) is -0.291. The van der Waals surface area contributed by atoms with Crippen LogP contribution in [-0.4, -0.2) is 5.91 Å². The van der Waals surface area contributed by atoms with E-state index >= 15 is 0 Å². The molecule has 0 radical (unpaired) electrons. The van der Waals surface area contributed by atoms with Crippen LogP contribution in [0.15, 0.2) is 35.7 Å². The van der Waals surface area contributed by atoms with Crippen molar-refractivity contribution in [3.63, 3.8) is 0 Å². The van der Waals surface area contributed by atoms with E-state index in [1.54, 1.807) is 29.5 Å². The number of hydrogen-bond acceptors (Lipinski definition) is 2. The van der Waals surface area contributed by atoms with Crippen molar-refractivity contribution >= 4 is 17.2 Å². The maximum Gasteiger partial charge on any atom is 0.220 e. The fourth-order valence-electron chi connectivity index (χ4n) is 1.80. The maximum absolute atomic E-state index is 13.4. The Hall–Kier alpha value is -1.68. The van der Waals surface area contributed by atoms with E-state index in [2.05, 4.69) is 5.32 Å². The molecule has 4 heteroatoms. The van der Waals surface area contributed by atoms with Gasteiger partial charge in [-0.15, -0.1) is 11.3 Å². The molecule has 2 aromatic rings. The minimum absolute atomic E-state index is 0.0453. The third-order valence-electron chi connectivity index (χ3n) is 2.99. The van der Waals surface area contributed by atoms with Gasteiger partial charge in [-0.25, -0.2) is 4.39 Å². The highest BCUT2D eigenvalue weighted by atomic mass is 32.1. The highest BCUT2D eigenvalue weighted by Gasteiger charge is 2.06. The van der Waals surface area contributed by atoms with Crippen molar-refractivity contribution in [1.82, 2.24) is 5.32 Å². The lowest BCUT2D eigenvalue weighted by molar-refractivity contribution is -0.121. The average molecular weight is 277 g/mol. The van der Waals surface area contributed by atoms with Crippen LogP contribution in [0.2, 0.25) is 0 Å². The quantitative estimate of drug-likeness (QED) is 0.891. The topological polar surface area (TPSA) is 29.1 Å². The molecule has 1 N–H and O–H groups in total. The zero-order valence-electron chi connectivity index (χ0n) is 10.8. The Balaban J connectivity index is 1.79. The van der Waals surface area contributed by atoms with E-state index in [0.29, 0.717) is 24.9 Å². The van der Waals surface area contributed by atoms with Gasteiger partial charge in [0.05, 0.1) is 6.54 Å². The summed E-state index contributed by atoms with van der Waals surface area (Å²) in [5.41, 5.74) is 1.78. The van der Waals surface area contributed by atoms with Gasteiger partial charge in [0, 0.05) is 11.3 Å². The number of halogens is 1. The largest absolute Gasteiger partial charge is 0.351 e. The first kappa shape index (κ1) is 13.7. The van der Waals surface area contributed by atoms with Crippen LogP contribution in [0.4, 0.5) is 4.39 Å². The molecule has 0 aliphatic rings. The van der Waals surface area contributed by atoms with Crippen molar-refractivity contribution < 1.29 is 9.18 Å². The smallest absolute Gasteiger partial charge is 0.220 e. The first-order valence-electron chi connectivity index (χ1n) is 6.20. The van der Waals surface area contributed by atoms with Crippen LogP contribution in [0.25, 0.3) is 0 Å². The number of amides is 1. The van der Waals surface area contributed by atoms with Gasteiger partial charge < -0.3 is 5.32 Å². The third kappa shape index (κ3) is 3.89. The minimum Gasteiger partial charge on any atom is -0.351 e. The Morgan fingerprint density at radius 3 is 2.79 bits per heavy atom. The van der Waals surface area contributed by atoms with E-state index in [9.17, 15) is 9.18 Å². The molecule has 0 aliphatic heterocycles. The zero-order chi connectivity index (χ0) is 13.7. The van der Waals surface area contributed by atoms with Gasteiger partial charge in [-0.3, -0.25) is 4.79 Å². The first-order chi connectivity index (χ1) is 9.16. The van der Waals surface area contributed by atoms with Crippen molar-refractivity contribution in [2.45, 2.75) is 26.3 Å². The van der Waals surface area contributed by atoms with Crippen molar-refractivity contribution in [1.29, 1.82) is 0 Å². The fraction of sp³-hybridized carbons (Fsp3) is 0.267. The molecular formula is C15H16FNOS. The zero-order valence-corrected chi connectivity index (χ0v) is 11.6. The Kier molecular flexibility index (Phi) is 4.68. The van der Waals surface area contributed by atoms with Crippen molar-refractivity contribution in [3.05, 3.63) is 57.5 Å². The third-order valence-corrected chi connectivity index (χ3v) is 4.02. The van der Waals surface area contributed by atoms with Crippen molar-refractivity contribution in [3.8, 4) is 0 Å². The summed E-state index contributed by atoms with van der Waals surface area (Å²) in [6.45, 7) is 2.58. The van der Waals surface area contributed by atoms with Crippen LogP contribution < -0.4 is 5.32 Å². The Labute approximate surface area is 116 Å². The molecule has 0 unspecified atom stereocenters. The number of hydrogen-bond donors (Lipinski definition) is 1.